The van der Waals surface area contributed by atoms with Crippen LogP contribution in [-0.4, -0.2) is 54.7 Å². The van der Waals surface area contributed by atoms with Crippen LogP contribution in [0.1, 0.15) is 45.1 Å². The van der Waals surface area contributed by atoms with Crippen molar-refractivity contribution in [1.82, 2.24) is 9.80 Å². The zero-order chi connectivity index (χ0) is 15.5. The van der Waals surface area contributed by atoms with E-state index in [1.807, 2.05) is 0 Å². The van der Waals surface area contributed by atoms with E-state index in [0.29, 0.717) is 12.0 Å². The quantitative estimate of drug-likeness (QED) is 0.829. The van der Waals surface area contributed by atoms with Crippen LogP contribution in [0.3, 0.4) is 0 Å². The van der Waals surface area contributed by atoms with E-state index in [0.717, 1.165) is 24.9 Å². The Balaban J connectivity index is 1.45. The van der Waals surface area contributed by atoms with E-state index in [1.165, 1.54) is 38.0 Å². The van der Waals surface area contributed by atoms with Crippen molar-refractivity contribution < 1.29 is 4.74 Å². The normalized spacial score (nSPS) is 22.0. The van der Waals surface area contributed by atoms with Crippen LogP contribution in [0.2, 0.25) is 0 Å². The number of piperidine rings is 1. The zero-order valence-corrected chi connectivity index (χ0v) is 14.3. The Morgan fingerprint density at radius 1 is 1.18 bits per heavy atom. The largest absolute Gasteiger partial charge is 0.488 e. The van der Waals surface area contributed by atoms with Gasteiger partial charge in [0.25, 0.3) is 0 Å². The number of hydrogen-bond acceptors (Lipinski definition) is 3. The fourth-order valence-electron chi connectivity index (χ4n) is 3.58. The summed E-state index contributed by atoms with van der Waals surface area (Å²) in [7, 11) is 0. The van der Waals surface area contributed by atoms with Gasteiger partial charge >= 0.3 is 0 Å². The molecule has 1 aromatic rings. The molecular formula is C19H30N2O. The summed E-state index contributed by atoms with van der Waals surface area (Å²) < 4.78 is 6.15. The highest BCUT2D eigenvalue weighted by atomic mass is 16.5. The first-order valence-corrected chi connectivity index (χ1v) is 8.88. The molecule has 2 aliphatic heterocycles. The minimum Gasteiger partial charge on any atom is -0.488 e. The smallest absolute Gasteiger partial charge is 0.124 e. The van der Waals surface area contributed by atoms with Crippen LogP contribution in [0.15, 0.2) is 24.3 Å². The molecule has 0 unspecified atom stereocenters. The lowest BCUT2D eigenvalue weighted by molar-refractivity contribution is -0.0261. The third kappa shape index (κ3) is 3.64. The molecule has 0 aliphatic carbocycles. The van der Waals surface area contributed by atoms with Gasteiger partial charge in [-0.2, -0.15) is 0 Å². The van der Waals surface area contributed by atoms with Gasteiger partial charge in [0.1, 0.15) is 11.9 Å². The maximum Gasteiger partial charge on any atom is 0.124 e. The van der Waals surface area contributed by atoms with Gasteiger partial charge < -0.3 is 9.64 Å². The van der Waals surface area contributed by atoms with Gasteiger partial charge in [0.15, 0.2) is 0 Å². The molecule has 2 fully saturated rings. The number of hydrogen-bond donors (Lipinski definition) is 0. The van der Waals surface area contributed by atoms with Gasteiger partial charge in [-0.25, -0.2) is 0 Å². The van der Waals surface area contributed by atoms with Gasteiger partial charge in [-0.05, 0) is 56.1 Å². The summed E-state index contributed by atoms with van der Waals surface area (Å²) in [6.07, 6.45) is 3.03. The Morgan fingerprint density at radius 3 is 2.55 bits per heavy atom. The summed E-state index contributed by atoms with van der Waals surface area (Å²) in [6.45, 7) is 12.6. The van der Waals surface area contributed by atoms with Crippen LogP contribution in [0.5, 0.6) is 5.75 Å². The fraction of sp³-hybridized carbons (Fsp3) is 0.684. The fourth-order valence-corrected chi connectivity index (χ4v) is 3.58. The second kappa shape index (κ2) is 7.01. The van der Waals surface area contributed by atoms with Crippen LogP contribution in [0, 0.1) is 0 Å². The van der Waals surface area contributed by atoms with Crippen molar-refractivity contribution in [3.05, 3.63) is 29.8 Å². The molecule has 0 N–H and O–H groups in total. The Labute approximate surface area is 135 Å². The van der Waals surface area contributed by atoms with Crippen LogP contribution in [0.4, 0.5) is 0 Å². The first-order valence-electron chi connectivity index (χ1n) is 8.88. The monoisotopic (exact) mass is 302 g/mol. The highest BCUT2D eigenvalue weighted by molar-refractivity contribution is 5.30. The number of ether oxygens (including phenoxy) is 1. The lowest BCUT2D eigenvalue weighted by Crippen LogP contribution is -2.59. The Bertz CT molecular complexity index is 474. The molecule has 0 aromatic heterocycles. The molecule has 22 heavy (non-hydrogen) atoms. The van der Waals surface area contributed by atoms with Crippen molar-refractivity contribution in [2.45, 2.75) is 51.7 Å². The molecule has 0 spiro atoms. The van der Waals surface area contributed by atoms with Crippen molar-refractivity contribution in [2.24, 2.45) is 0 Å². The Morgan fingerprint density at radius 2 is 1.91 bits per heavy atom. The highest BCUT2D eigenvalue weighted by Crippen LogP contribution is 2.26. The number of nitrogens with zero attached hydrogens (tertiary/aromatic N) is 2. The standard InChI is InChI=1S/C19H30N2O/c1-4-20-10-8-17(9-11-20)21-13-19(14-21)22-18-7-5-6-16(12-18)15(2)3/h5-7,12,15,17,19H,4,8-11,13-14H2,1-3H3. The molecule has 3 heteroatoms. The molecule has 3 nitrogen and oxygen atoms in total. The van der Waals surface area contributed by atoms with Crippen LogP contribution in [-0.2, 0) is 0 Å². The molecule has 122 valence electrons. The van der Waals surface area contributed by atoms with Crippen molar-refractivity contribution in [3.8, 4) is 5.75 Å². The molecule has 0 atom stereocenters. The van der Waals surface area contributed by atoms with Crippen LogP contribution >= 0.6 is 0 Å². The topological polar surface area (TPSA) is 15.7 Å². The van der Waals surface area contributed by atoms with Gasteiger partial charge in [-0.1, -0.05) is 32.9 Å². The summed E-state index contributed by atoms with van der Waals surface area (Å²) in [4.78, 5) is 5.17. The lowest BCUT2D eigenvalue weighted by atomic mass is 9.98. The molecule has 1 aromatic carbocycles. The molecule has 2 saturated heterocycles. The van der Waals surface area contributed by atoms with E-state index in [9.17, 15) is 0 Å². The predicted octanol–water partition coefficient (Wildman–Crippen LogP) is 3.36. The molecule has 0 saturated carbocycles. The predicted molar refractivity (Wildman–Crippen MR) is 91.7 cm³/mol. The summed E-state index contributed by atoms with van der Waals surface area (Å²) in [6, 6.07) is 9.37. The van der Waals surface area contributed by atoms with Gasteiger partial charge in [0, 0.05) is 19.1 Å². The summed E-state index contributed by atoms with van der Waals surface area (Å²) in [5.74, 6) is 1.60. The maximum absolute atomic E-state index is 6.15. The third-order valence-corrected chi connectivity index (χ3v) is 5.22. The van der Waals surface area contributed by atoms with E-state index in [-0.39, 0.29) is 0 Å². The molecule has 2 heterocycles. The second-order valence-corrected chi connectivity index (χ2v) is 7.09. The van der Waals surface area contributed by atoms with Crippen molar-refractivity contribution in [1.29, 1.82) is 0 Å². The van der Waals surface area contributed by atoms with E-state index >= 15 is 0 Å². The minimum absolute atomic E-state index is 0.381. The Hall–Kier alpha value is -1.06. The average Bonchev–Trinajstić information content (AvgIpc) is 2.51. The number of likely N-dealkylation sites (tertiary alicyclic amines) is 2. The van der Waals surface area contributed by atoms with E-state index in [4.69, 9.17) is 4.74 Å². The average molecular weight is 302 g/mol. The second-order valence-electron chi connectivity index (χ2n) is 7.09. The molecule has 0 amide bonds. The number of benzene rings is 1. The van der Waals surface area contributed by atoms with Crippen LogP contribution in [0.25, 0.3) is 0 Å². The van der Waals surface area contributed by atoms with E-state index in [2.05, 4.69) is 54.8 Å². The van der Waals surface area contributed by atoms with Gasteiger partial charge in [-0.15, -0.1) is 0 Å². The summed E-state index contributed by atoms with van der Waals surface area (Å²) in [5.41, 5.74) is 1.36. The van der Waals surface area contributed by atoms with E-state index < -0.39 is 0 Å². The van der Waals surface area contributed by atoms with E-state index in [1.54, 1.807) is 0 Å². The SMILES string of the molecule is CCN1CCC(N2CC(Oc3cccc(C(C)C)c3)C2)CC1. The highest BCUT2D eigenvalue weighted by Gasteiger charge is 2.35. The van der Waals surface area contributed by atoms with Crippen LogP contribution < -0.4 is 4.74 Å². The van der Waals surface area contributed by atoms with Crippen molar-refractivity contribution >= 4 is 0 Å². The first-order chi connectivity index (χ1) is 10.7. The number of rotatable bonds is 5. The van der Waals surface area contributed by atoms with Gasteiger partial charge in [0.2, 0.25) is 0 Å². The third-order valence-electron chi connectivity index (χ3n) is 5.22. The maximum atomic E-state index is 6.15. The molecule has 0 bridgehead atoms. The summed E-state index contributed by atoms with van der Waals surface area (Å²) in [5, 5.41) is 0. The molecule has 3 rings (SSSR count). The zero-order valence-electron chi connectivity index (χ0n) is 14.3. The minimum atomic E-state index is 0.381. The lowest BCUT2D eigenvalue weighted by Gasteiger charge is -2.46. The molecular weight excluding hydrogens is 272 g/mol. The van der Waals surface area contributed by atoms with Gasteiger partial charge in [0.05, 0.1) is 0 Å². The first kappa shape index (κ1) is 15.8. The molecule has 0 radical (unpaired) electrons. The van der Waals surface area contributed by atoms with Crippen molar-refractivity contribution in [3.63, 3.8) is 0 Å². The van der Waals surface area contributed by atoms with Crippen molar-refractivity contribution in [2.75, 3.05) is 32.7 Å². The summed E-state index contributed by atoms with van der Waals surface area (Å²) >= 11 is 0. The molecule has 2 aliphatic rings. The Kier molecular flexibility index (Phi) is 5.04. The van der Waals surface area contributed by atoms with Gasteiger partial charge in [-0.3, -0.25) is 4.90 Å².